The van der Waals surface area contributed by atoms with Crippen molar-refractivity contribution in [2.75, 3.05) is 0 Å². The molecule has 0 aliphatic carbocycles. The van der Waals surface area contributed by atoms with Gasteiger partial charge < -0.3 is 30.6 Å². The maximum absolute atomic E-state index is 12.9. The van der Waals surface area contributed by atoms with E-state index in [-0.39, 0.29) is 12.8 Å². The third-order valence-electron chi connectivity index (χ3n) is 4.37. The predicted molar refractivity (Wildman–Crippen MR) is 112 cm³/mol. The second-order valence-electron chi connectivity index (χ2n) is 8.09. The summed E-state index contributed by atoms with van der Waals surface area (Å²) < 4.78 is 5.22. The summed E-state index contributed by atoms with van der Waals surface area (Å²) in [5.41, 5.74) is 0.791. The number of carboxylic acids is 2. The highest BCUT2D eigenvalue weighted by Crippen LogP contribution is 2.19. The van der Waals surface area contributed by atoms with E-state index in [0.717, 1.165) is 16.5 Å². The molecule has 10 nitrogen and oxygen atoms in total. The maximum Gasteiger partial charge on any atom is 0.408 e. The van der Waals surface area contributed by atoms with Crippen molar-refractivity contribution in [2.45, 2.75) is 57.7 Å². The Morgan fingerprint density at radius 3 is 2.35 bits per heavy atom. The van der Waals surface area contributed by atoms with E-state index in [1.54, 1.807) is 27.0 Å². The Bertz CT molecular complexity index is 961. The highest BCUT2D eigenvalue weighted by atomic mass is 16.6. The van der Waals surface area contributed by atoms with Crippen LogP contribution in [0.3, 0.4) is 0 Å². The summed E-state index contributed by atoms with van der Waals surface area (Å²) in [5.74, 6) is -3.30. The van der Waals surface area contributed by atoms with Crippen LogP contribution < -0.4 is 10.6 Å². The lowest BCUT2D eigenvalue weighted by Crippen LogP contribution is -2.53. The lowest BCUT2D eigenvalue weighted by molar-refractivity contribution is -0.143. The van der Waals surface area contributed by atoms with Gasteiger partial charge in [-0.1, -0.05) is 18.2 Å². The summed E-state index contributed by atoms with van der Waals surface area (Å²) in [6.45, 7) is 5.02. The van der Waals surface area contributed by atoms with Crippen LogP contribution in [0.4, 0.5) is 4.79 Å². The second-order valence-corrected chi connectivity index (χ2v) is 8.09. The van der Waals surface area contributed by atoms with Crippen molar-refractivity contribution in [1.29, 1.82) is 0 Å². The molecule has 0 unspecified atom stereocenters. The SMILES string of the molecule is CC(C)(C)OC(=O)N[C@@H](Cc1c[nH]c2ccccc12)C(=O)N[C@H](CCC(=O)O)C(=O)O. The molecule has 2 amide bonds. The fourth-order valence-corrected chi connectivity index (χ4v) is 2.98. The van der Waals surface area contributed by atoms with Crippen molar-refractivity contribution in [3.05, 3.63) is 36.0 Å². The quantitative estimate of drug-likeness (QED) is 0.405. The van der Waals surface area contributed by atoms with Gasteiger partial charge in [0.1, 0.15) is 17.7 Å². The van der Waals surface area contributed by atoms with Crippen LogP contribution in [0.15, 0.2) is 30.5 Å². The van der Waals surface area contributed by atoms with Gasteiger partial charge in [-0.15, -0.1) is 0 Å². The summed E-state index contributed by atoms with van der Waals surface area (Å²) in [7, 11) is 0. The normalized spacial score (nSPS) is 13.3. The molecule has 0 bridgehead atoms. The number of para-hydroxylation sites is 1. The molecule has 0 fully saturated rings. The van der Waals surface area contributed by atoms with Gasteiger partial charge in [0.15, 0.2) is 0 Å². The third kappa shape index (κ3) is 7.32. The van der Waals surface area contributed by atoms with Crippen molar-refractivity contribution in [2.24, 2.45) is 0 Å². The number of nitrogens with one attached hydrogen (secondary N) is 3. The van der Waals surface area contributed by atoms with E-state index < -0.39 is 48.0 Å². The monoisotopic (exact) mass is 433 g/mol. The second kappa shape index (κ2) is 9.96. The molecule has 1 aromatic carbocycles. The molecule has 1 heterocycles. The van der Waals surface area contributed by atoms with E-state index in [9.17, 15) is 24.3 Å². The highest BCUT2D eigenvalue weighted by molar-refractivity contribution is 5.91. The molecule has 0 radical (unpaired) electrons. The number of fused-ring (bicyclic) bond motifs is 1. The molecule has 0 saturated heterocycles. The molecule has 0 saturated carbocycles. The molecular formula is C21H27N3O7. The van der Waals surface area contributed by atoms with Gasteiger partial charge in [-0.25, -0.2) is 9.59 Å². The number of aromatic nitrogens is 1. The summed E-state index contributed by atoms with van der Waals surface area (Å²) in [4.78, 5) is 50.5. The fourth-order valence-electron chi connectivity index (χ4n) is 2.98. The molecule has 5 N–H and O–H groups in total. The first kappa shape index (κ1) is 23.7. The average molecular weight is 433 g/mol. The van der Waals surface area contributed by atoms with Gasteiger partial charge in [-0.3, -0.25) is 9.59 Å². The molecule has 0 aliphatic heterocycles. The third-order valence-corrected chi connectivity index (χ3v) is 4.37. The van der Waals surface area contributed by atoms with Crippen LogP contribution >= 0.6 is 0 Å². The molecule has 2 aromatic rings. The minimum Gasteiger partial charge on any atom is -0.481 e. The number of hydrogen-bond donors (Lipinski definition) is 5. The lowest BCUT2D eigenvalue weighted by Gasteiger charge is -2.24. The van der Waals surface area contributed by atoms with Crippen LogP contribution in [0, 0.1) is 0 Å². The van der Waals surface area contributed by atoms with Gasteiger partial charge in [0.25, 0.3) is 0 Å². The number of amides is 2. The Morgan fingerprint density at radius 2 is 1.74 bits per heavy atom. The number of carbonyl (C=O) groups excluding carboxylic acids is 2. The van der Waals surface area contributed by atoms with Crippen molar-refractivity contribution < 1.29 is 34.1 Å². The van der Waals surface area contributed by atoms with E-state index in [0.29, 0.717) is 0 Å². The largest absolute Gasteiger partial charge is 0.481 e. The Balaban J connectivity index is 2.22. The topological polar surface area (TPSA) is 158 Å². The zero-order valence-corrected chi connectivity index (χ0v) is 17.6. The van der Waals surface area contributed by atoms with E-state index in [2.05, 4.69) is 15.6 Å². The van der Waals surface area contributed by atoms with Crippen LogP contribution in [0.1, 0.15) is 39.2 Å². The van der Waals surface area contributed by atoms with Crippen LogP contribution in [0.5, 0.6) is 0 Å². The van der Waals surface area contributed by atoms with Gasteiger partial charge in [-0.05, 0) is 38.8 Å². The first-order valence-corrected chi connectivity index (χ1v) is 9.75. The van der Waals surface area contributed by atoms with E-state index in [1.807, 2.05) is 24.3 Å². The number of H-pyrrole nitrogens is 1. The average Bonchev–Trinajstić information content (AvgIpc) is 3.05. The molecule has 2 atom stereocenters. The number of alkyl carbamates (subject to hydrolysis) is 1. The molecule has 0 spiro atoms. The first-order chi connectivity index (χ1) is 14.5. The Morgan fingerprint density at radius 1 is 1.06 bits per heavy atom. The molecule has 2 rings (SSSR count). The molecule has 10 heteroatoms. The minimum atomic E-state index is -1.41. The number of carbonyl (C=O) groups is 4. The minimum absolute atomic E-state index is 0.0698. The van der Waals surface area contributed by atoms with Gasteiger partial charge in [0.2, 0.25) is 5.91 Å². The number of rotatable bonds is 9. The van der Waals surface area contributed by atoms with Crippen molar-refractivity contribution in [3.63, 3.8) is 0 Å². The number of carboxylic acid groups (broad SMARTS) is 2. The first-order valence-electron chi connectivity index (χ1n) is 9.75. The lowest BCUT2D eigenvalue weighted by atomic mass is 10.0. The van der Waals surface area contributed by atoms with E-state index >= 15 is 0 Å². The summed E-state index contributed by atoms with van der Waals surface area (Å²) >= 11 is 0. The van der Waals surface area contributed by atoms with E-state index in [1.165, 1.54) is 0 Å². The molecule has 168 valence electrons. The van der Waals surface area contributed by atoms with Crippen LogP contribution in [0.2, 0.25) is 0 Å². The van der Waals surface area contributed by atoms with Gasteiger partial charge >= 0.3 is 18.0 Å². The van der Waals surface area contributed by atoms with Crippen LogP contribution in [0.25, 0.3) is 10.9 Å². The standard InChI is InChI=1S/C21H27N3O7/c1-21(2,3)31-20(30)24-16(10-12-11-22-14-7-5-4-6-13(12)14)18(27)23-15(19(28)29)8-9-17(25)26/h4-7,11,15-16,22H,8-10H2,1-3H3,(H,23,27)(H,24,30)(H,25,26)(H,28,29)/t15-,16+/m1/s1. The Kier molecular flexibility index (Phi) is 7.62. The van der Waals surface area contributed by atoms with Crippen molar-refractivity contribution >= 4 is 34.8 Å². The number of ether oxygens (including phenoxy) is 1. The molecular weight excluding hydrogens is 406 g/mol. The van der Waals surface area contributed by atoms with Crippen LogP contribution in [-0.4, -0.2) is 56.8 Å². The van der Waals surface area contributed by atoms with Crippen LogP contribution in [-0.2, 0) is 25.5 Å². The zero-order chi connectivity index (χ0) is 23.2. The smallest absolute Gasteiger partial charge is 0.408 e. The number of aromatic amines is 1. The number of aliphatic carboxylic acids is 2. The van der Waals surface area contributed by atoms with Gasteiger partial charge in [0, 0.05) is 29.9 Å². The molecule has 31 heavy (non-hydrogen) atoms. The summed E-state index contributed by atoms with van der Waals surface area (Å²) in [6.07, 6.45) is 0.234. The van der Waals surface area contributed by atoms with E-state index in [4.69, 9.17) is 9.84 Å². The van der Waals surface area contributed by atoms with Gasteiger partial charge in [0.05, 0.1) is 0 Å². The summed E-state index contributed by atoms with van der Waals surface area (Å²) in [6, 6.07) is 4.86. The Hall–Kier alpha value is -3.56. The number of benzene rings is 1. The Labute approximate surface area is 179 Å². The fraction of sp³-hybridized carbons (Fsp3) is 0.429. The zero-order valence-electron chi connectivity index (χ0n) is 17.6. The van der Waals surface area contributed by atoms with Crippen molar-refractivity contribution in [1.82, 2.24) is 15.6 Å². The number of hydrogen-bond acceptors (Lipinski definition) is 5. The maximum atomic E-state index is 12.9. The summed E-state index contributed by atoms with van der Waals surface area (Å²) in [5, 5.41) is 23.8. The molecule has 0 aliphatic rings. The highest BCUT2D eigenvalue weighted by Gasteiger charge is 2.29. The predicted octanol–water partition coefficient (Wildman–Crippen LogP) is 2.04. The molecule has 1 aromatic heterocycles. The van der Waals surface area contributed by atoms with Crippen molar-refractivity contribution in [3.8, 4) is 0 Å². The van der Waals surface area contributed by atoms with Gasteiger partial charge in [-0.2, -0.15) is 0 Å².